The summed E-state index contributed by atoms with van der Waals surface area (Å²) < 4.78 is 25.4. The van der Waals surface area contributed by atoms with Gasteiger partial charge in [0.25, 0.3) is 11.5 Å². The molecule has 3 aliphatic heterocycles. The molecule has 8 nitrogen and oxygen atoms in total. The van der Waals surface area contributed by atoms with Gasteiger partial charge in [0.2, 0.25) is 25.6 Å². The van der Waals surface area contributed by atoms with E-state index in [9.17, 15) is 14.4 Å². The summed E-state index contributed by atoms with van der Waals surface area (Å²) in [6.07, 6.45) is 2.67. The van der Waals surface area contributed by atoms with E-state index in [1.807, 2.05) is 19.1 Å². The van der Waals surface area contributed by atoms with Crippen molar-refractivity contribution < 1.29 is 33.0 Å². The molecule has 0 unspecified atom stereocenters. The lowest BCUT2D eigenvalue weighted by atomic mass is 9.85. The smallest absolute Gasteiger partial charge is 0.278 e. The minimum atomic E-state index is -2.80. The van der Waals surface area contributed by atoms with E-state index in [1.54, 1.807) is 37.3 Å². The number of benzene rings is 1. The number of amides is 1. The zero-order valence-corrected chi connectivity index (χ0v) is 26.1. The van der Waals surface area contributed by atoms with Gasteiger partial charge in [-0.05, 0) is 30.0 Å². The van der Waals surface area contributed by atoms with Crippen molar-refractivity contribution in [2.24, 2.45) is 0 Å². The molecule has 1 N–H and O–H groups in total. The van der Waals surface area contributed by atoms with Crippen molar-refractivity contribution in [2.45, 2.75) is 108 Å². The monoisotopic (exact) mass is 569 g/mol. The topological polar surface area (TPSA) is 103 Å². The van der Waals surface area contributed by atoms with Crippen LogP contribution >= 0.6 is 0 Å². The van der Waals surface area contributed by atoms with Crippen LogP contribution in [0.5, 0.6) is 0 Å². The molecule has 0 radical (unpaired) electrons. The van der Waals surface area contributed by atoms with E-state index in [0.29, 0.717) is 16.9 Å². The minimum absolute atomic E-state index is 0.0991. The maximum absolute atomic E-state index is 14.3. The first-order valence-electron chi connectivity index (χ1n) is 14.3. The van der Waals surface area contributed by atoms with E-state index in [4.69, 9.17) is 18.6 Å². The number of rotatable bonds is 11. The summed E-state index contributed by atoms with van der Waals surface area (Å²) in [6.45, 7) is 16.3. The van der Waals surface area contributed by atoms with Crippen molar-refractivity contribution in [3.8, 4) is 0 Å². The number of allylic oxidation sites excluding steroid dienone is 1. The number of epoxide rings is 1. The third-order valence-corrected chi connectivity index (χ3v) is 14.8. The number of carbonyl (C=O) groups is 3. The van der Waals surface area contributed by atoms with E-state index in [-0.39, 0.29) is 22.7 Å². The third kappa shape index (κ3) is 4.42. The Morgan fingerprint density at radius 1 is 1.07 bits per heavy atom. The van der Waals surface area contributed by atoms with Gasteiger partial charge in [0.05, 0.1) is 0 Å². The van der Waals surface area contributed by atoms with Gasteiger partial charge in [-0.2, -0.15) is 0 Å². The summed E-state index contributed by atoms with van der Waals surface area (Å²) in [7, 11) is -1.44. The Balaban J connectivity index is 1.89. The molecule has 0 saturated carbocycles. The fourth-order valence-corrected chi connectivity index (χ4v) is 12.3. The van der Waals surface area contributed by atoms with Gasteiger partial charge in [-0.1, -0.05) is 91.0 Å². The van der Waals surface area contributed by atoms with Gasteiger partial charge in [-0.25, -0.2) is 0 Å². The quantitative estimate of drug-likeness (QED) is 0.128. The lowest BCUT2D eigenvalue weighted by Gasteiger charge is -2.48. The largest absolute Gasteiger partial charge is 0.467 e. The van der Waals surface area contributed by atoms with Crippen LogP contribution in [0.4, 0.5) is 0 Å². The van der Waals surface area contributed by atoms with E-state index in [1.165, 1.54) is 7.11 Å². The predicted molar refractivity (Wildman–Crippen MR) is 154 cm³/mol. The number of Topliss-reactive ketones (excluding diaryl/α,β-unsaturated/α-hetero) is 2. The summed E-state index contributed by atoms with van der Waals surface area (Å²) in [6, 6.07) is 8.59. The fourth-order valence-electron chi connectivity index (χ4n) is 6.77. The molecule has 9 heteroatoms. The van der Waals surface area contributed by atoms with E-state index < -0.39 is 49.3 Å². The summed E-state index contributed by atoms with van der Waals surface area (Å²) in [4.78, 5) is 42.6. The lowest BCUT2D eigenvalue weighted by molar-refractivity contribution is -0.158. The zero-order valence-electron chi connectivity index (χ0n) is 25.1. The van der Waals surface area contributed by atoms with Gasteiger partial charge in [0.15, 0.2) is 6.10 Å². The van der Waals surface area contributed by atoms with Crippen LogP contribution in [0.2, 0.25) is 16.6 Å². The first kappa shape index (κ1) is 30.4. The van der Waals surface area contributed by atoms with Crippen molar-refractivity contribution in [1.82, 2.24) is 5.32 Å². The van der Waals surface area contributed by atoms with Crippen molar-refractivity contribution in [2.75, 3.05) is 7.11 Å². The first-order valence-corrected chi connectivity index (χ1v) is 16.4. The Hall–Kier alpha value is -2.59. The summed E-state index contributed by atoms with van der Waals surface area (Å²) in [5, 5.41) is 2.77. The van der Waals surface area contributed by atoms with Gasteiger partial charge in [0.1, 0.15) is 18.0 Å². The van der Waals surface area contributed by atoms with Crippen molar-refractivity contribution >= 4 is 25.8 Å². The Bertz CT molecular complexity index is 1200. The highest BCUT2D eigenvalue weighted by Crippen LogP contribution is 2.52. The van der Waals surface area contributed by atoms with Crippen molar-refractivity contribution in [3.05, 3.63) is 59.4 Å². The molecule has 0 bridgehead atoms. The number of hydrogen-bond donors (Lipinski definition) is 1. The first-order chi connectivity index (χ1) is 18.8. The molecule has 1 amide bonds. The Morgan fingerprint density at radius 3 is 2.20 bits per heavy atom. The summed E-state index contributed by atoms with van der Waals surface area (Å²) in [5.74, 6) is -1.47. The molecule has 4 rings (SSSR count). The molecule has 5 atom stereocenters. The Morgan fingerprint density at radius 2 is 1.68 bits per heavy atom. The highest BCUT2D eigenvalue weighted by atomic mass is 28.4. The number of ketones is 2. The molecule has 3 heterocycles. The molecule has 0 aliphatic carbocycles. The molecular weight excluding hydrogens is 526 g/mol. The number of ether oxygens (including phenoxy) is 3. The Kier molecular flexibility index (Phi) is 8.35. The summed E-state index contributed by atoms with van der Waals surface area (Å²) >= 11 is 0. The van der Waals surface area contributed by atoms with Gasteiger partial charge >= 0.3 is 0 Å². The van der Waals surface area contributed by atoms with Crippen molar-refractivity contribution in [3.63, 3.8) is 0 Å². The summed E-state index contributed by atoms with van der Waals surface area (Å²) in [5.41, 5.74) is -3.18. The molecule has 218 valence electrons. The van der Waals surface area contributed by atoms with Crippen LogP contribution in [0.1, 0.15) is 72.2 Å². The average Bonchev–Trinajstić information content (AvgIpc) is 3.59. The molecular formula is C31H43NO7Si. The molecule has 1 aromatic carbocycles. The second-order valence-electron chi connectivity index (χ2n) is 11.9. The van der Waals surface area contributed by atoms with Crippen LogP contribution in [0.15, 0.2) is 53.8 Å². The van der Waals surface area contributed by atoms with Gasteiger partial charge < -0.3 is 24.0 Å². The predicted octanol–water partition coefficient (Wildman–Crippen LogP) is 5.25. The standard InChI is InChI=1S/C31H43NO7Si/c1-10-11-17-23-25(37-23)24-21(8)26(33)30(38-24)28(39-40(18(2)3,19(4)5)20(6)7)31(36-9,32-29(30)35)27(34)22-15-13-12-14-16-22/h11-20,23,25,28H,10H2,1-9H3,(H,32,35)/b17-11-/t23-,25+,28+,30+,31+/m0/s1. The maximum Gasteiger partial charge on any atom is 0.278 e. The second-order valence-corrected chi connectivity index (χ2v) is 17.3. The third-order valence-electron chi connectivity index (χ3n) is 8.76. The van der Waals surface area contributed by atoms with Gasteiger partial charge in [-0.3, -0.25) is 14.4 Å². The van der Waals surface area contributed by atoms with Crippen LogP contribution < -0.4 is 5.32 Å². The highest BCUT2D eigenvalue weighted by Gasteiger charge is 2.77. The molecule has 2 fully saturated rings. The molecule has 3 aliphatic rings. The number of carbonyl (C=O) groups excluding carboxylic acids is 3. The molecule has 40 heavy (non-hydrogen) atoms. The zero-order chi connectivity index (χ0) is 29.6. The number of hydrogen-bond acceptors (Lipinski definition) is 7. The van der Waals surface area contributed by atoms with Crippen LogP contribution in [-0.4, -0.2) is 62.5 Å². The minimum Gasteiger partial charge on any atom is -0.467 e. The maximum atomic E-state index is 14.3. The fraction of sp³-hybridized carbons (Fsp3) is 0.581. The van der Waals surface area contributed by atoms with E-state index in [2.05, 4.69) is 46.9 Å². The van der Waals surface area contributed by atoms with E-state index >= 15 is 0 Å². The Labute approximate surface area is 238 Å². The van der Waals surface area contributed by atoms with E-state index in [0.717, 1.165) is 6.42 Å². The number of methoxy groups -OCH3 is 1. The average molecular weight is 570 g/mol. The number of nitrogens with one attached hydrogen (secondary N) is 1. The lowest BCUT2D eigenvalue weighted by Crippen LogP contribution is -2.66. The molecule has 1 spiro atoms. The molecule has 2 saturated heterocycles. The van der Waals surface area contributed by atoms with Crippen LogP contribution in [0, 0.1) is 0 Å². The van der Waals surface area contributed by atoms with Gasteiger partial charge in [-0.15, -0.1) is 0 Å². The normalized spacial score (nSPS) is 30.4. The second kappa shape index (κ2) is 11.0. The van der Waals surface area contributed by atoms with Crippen LogP contribution in [-0.2, 0) is 28.2 Å². The van der Waals surface area contributed by atoms with Crippen LogP contribution in [0.3, 0.4) is 0 Å². The highest BCUT2D eigenvalue weighted by molar-refractivity contribution is 6.77. The molecule has 1 aromatic rings. The SMILES string of the molecule is CC/C=C\[C@@H]1O[C@H]1C1=C(C)C(=O)[C@]2(O1)C(=O)N[C@@](OC)(C(=O)c1ccccc1)[C@@H]2O[Si](C(C)C)(C(C)C)C(C)C. The van der Waals surface area contributed by atoms with Crippen molar-refractivity contribution in [1.29, 1.82) is 0 Å². The molecule has 0 aromatic heterocycles. The van der Waals surface area contributed by atoms with Gasteiger partial charge in [0, 0.05) is 18.2 Å². The van der Waals surface area contributed by atoms with Crippen LogP contribution in [0.25, 0.3) is 0 Å².